The van der Waals surface area contributed by atoms with Gasteiger partial charge in [-0.25, -0.2) is 0 Å². The molecule has 0 spiro atoms. The molecule has 3 heterocycles. The van der Waals surface area contributed by atoms with Crippen LogP contribution in [0.2, 0.25) is 0 Å². The highest BCUT2D eigenvalue weighted by Gasteiger charge is 2.20. The SMILES string of the molecule is Cc1ccsc1CN(Cc1ccccn1)CC1CCOC1. The van der Waals surface area contributed by atoms with Crippen LogP contribution in [0, 0.1) is 12.8 Å². The summed E-state index contributed by atoms with van der Waals surface area (Å²) >= 11 is 1.85. The molecule has 4 heteroatoms. The molecule has 0 aromatic carbocycles. The van der Waals surface area contributed by atoms with Crippen molar-refractivity contribution >= 4 is 11.3 Å². The lowest BCUT2D eigenvalue weighted by Crippen LogP contribution is -2.29. The molecule has 2 aromatic heterocycles. The molecule has 112 valence electrons. The number of aromatic nitrogens is 1. The Kier molecular flexibility index (Phi) is 5.01. The van der Waals surface area contributed by atoms with Crippen molar-refractivity contribution in [3.63, 3.8) is 0 Å². The van der Waals surface area contributed by atoms with E-state index in [-0.39, 0.29) is 0 Å². The smallest absolute Gasteiger partial charge is 0.0544 e. The molecule has 0 radical (unpaired) electrons. The van der Waals surface area contributed by atoms with Crippen LogP contribution in [-0.2, 0) is 17.8 Å². The minimum absolute atomic E-state index is 0.661. The first-order valence-electron chi connectivity index (χ1n) is 7.54. The summed E-state index contributed by atoms with van der Waals surface area (Å²) in [6.45, 7) is 7.03. The van der Waals surface area contributed by atoms with Gasteiger partial charge in [0.2, 0.25) is 0 Å². The minimum atomic E-state index is 0.661. The molecule has 0 N–H and O–H groups in total. The molecule has 1 fully saturated rings. The van der Waals surface area contributed by atoms with Gasteiger partial charge in [0.25, 0.3) is 0 Å². The molecule has 0 aliphatic carbocycles. The number of hydrogen-bond donors (Lipinski definition) is 0. The summed E-state index contributed by atoms with van der Waals surface area (Å²) in [5.41, 5.74) is 2.54. The van der Waals surface area contributed by atoms with Crippen molar-refractivity contribution < 1.29 is 4.74 Å². The Labute approximate surface area is 130 Å². The van der Waals surface area contributed by atoms with E-state index in [0.29, 0.717) is 5.92 Å². The lowest BCUT2D eigenvalue weighted by Gasteiger charge is -2.24. The van der Waals surface area contributed by atoms with Crippen molar-refractivity contribution in [2.45, 2.75) is 26.4 Å². The van der Waals surface area contributed by atoms with Crippen LogP contribution in [-0.4, -0.2) is 29.6 Å². The van der Waals surface area contributed by atoms with Crippen molar-refractivity contribution in [1.29, 1.82) is 0 Å². The van der Waals surface area contributed by atoms with E-state index >= 15 is 0 Å². The van der Waals surface area contributed by atoms with Gasteiger partial charge in [0, 0.05) is 37.3 Å². The van der Waals surface area contributed by atoms with Crippen LogP contribution >= 0.6 is 11.3 Å². The van der Waals surface area contributed by atoms with Crippen LogP contribution in [0.4, 0.5) is 0 Å². The first-order valence-corrected chi connectivity index (χ1v) is 8.42. The summed E-state index contributed by atoms with van der Waals surface area (Å²) in [4.78, 5) is 8.45. The van der Waals surface area contributed by atoms with Gasteiger partial charge in [-0.3, -0.25) is 9.88 Å². The van der Waals surface area contributed by atoms with Gasteiger partial charge < -0.3 is 4.74 Å². The summed E-state index contributed by atoms with van der Waals surface area (Å²) < 4.78 is 5.53. The molecular weight excluding hydrogens is 280 g/mol. The monoisotopic (exact) mass is 302 g/mol. The molecule has 1 atom stereocenters. The highest BCUT2D eigenvalue weighted by Crippen LogP contribution is 2.21. The number of rotatable bonds is 6. The van der Waals surface area contributed by atoms with Gasteiger partial charge in [-0.2, -0.15) is 0 Å². The maximum absolute atomic E-state index is 5.53. The average molecular weight is 302 g/mol. The molecule has 3 rings (SSSR count). The normalized spacial score (nSPS) is 18.5. The number of aryl methyl sites for hydroxylation is 1. The van der Waals surface area contributed by atoms with Crippen molar-refractivity contribution in [3.8, 4) is 0 Å². The molecule has 1 aliphatic heterocycles. The van der Waals surface area contributed by atoms with Crippen molar-refractivity contribution in [2.24, 2.45) is 5.92 Å². The second-order valence-corrected chi connectivity index (χ2v) is 6.75. The second-order valence-electron chi connectivity index (χ2n) is 5.75. The van der Waals surface area contributed by atoms with E-state index in [0.717, 1.165) is 38.5 Å². The van der Waals surface area contributed by atoms with Crippen LogP contribution < -0.4 is 0 Å². The topological polar surface area (TPSA) is 25.4 Å². The van der Waals surface area contributed by atoms with Crippen LogP contribution in [0.1, 0.15) is 22.6 Å². The largest absolute Gasteiger partial charge is 0.381 e. The lowest BCUT2D eigenvalue weighted by atomic mass is 10.1. The lowest BCUT2D eigenvalue weighted by molar-refractivity contribution is 0.161. The maximum Gasteiger partial charge on any atom is 0.0544 e. The van der Waals surface area contributed by atoms with E-state index in [1.165, 1.54) is 16.9 Å². The van der Waals surface area contributed by atoms with E-state index in [1.54, 1.807) is 0 Å². The van der Waals surface area contributed by atoms with Crippen LogP contribution in [0.15, 0.2) is 35.8 Å². The highest BCUT2D eigenvalue weighted by atomic mass is 32.1. The number of ether oxygens (including phenoxy) is 1. The van der Waals surface area contributed by atoms with E-state index in [9.17, 15) is 0 Å². The van der Waals surface area contributed by atoms with Crippen LogP contribution in [0.25, 0.3) is 0 Å². The molecule has 0 amide bonds. The Hall–Kier alpha value is -1.23. The molecule has 3 nitrogen and oxygen atoms in total. The van der Waals surface area contributed by atoms with Crippen LogP contribution in [0.5, 0.6) is 0 Å². The minimum Gasteiger partial charge on any atom is -0.381 e. The molecular formula is C17H22N2OS. The molecule has 1 saturated heterocycles. The molecule has 0 saturated carbocycles. The Bertz CT molecular complexity index is 549. The van der Waals surface area contributed by atoms with Gasteiger partial charge in [-0.15, -0.1) is 11.3 Å². The highest BCUT2D eigenvalue weighted by molar-refractivity contribution is 7.10. The maximum atomic E-state index is 5.53. The van der Waals surface area contributed by atoms with Gasteiger partial charge in [0.15, 0.2) is 0 Å². The number of nitrogens with zero attached hydrogens (tertiary/aromatic N) is 2. The van der Waals surface area contributed by atoms with Crippen molar-refractivity contribution in [2.75, 3.05) is 19.8 Å². The molecule has 21 heavy (non-hydrogen) atoms. The zero-order valence-electron chi connectivity index (χ0n) is 12.5. The first kappa shape index (κ1) is 14.7. The van der Waals surface area contributed by atoms with E-state index in [4.69, 9.17) is 4.74 Å². The third-order valence-electron chi connectivity index (χ3n) is 3.99. The van der Waals surface area contributed by atoms with Gasteiger partial charge in [-0.1, -0.05) is 6.07 Å². The summed E-state index contributed by atoms with van der Waals surface area (Å²) in [6.07, 6.45) is 3.06. The third kappa shape index (κ3) is 4.13. The number of pyridine rings is 1. The van der Waals surface area contributed by atoms with E-state index in [2.05, 4.69) is 40.4 Å². The first-order chi connectivity index (χ1) is 10.3. The Morgan fingerprint density at radius 2 is 2.29 bits per heavy atom. The van der Waals surface area contributed by atoms with E-state index < -0.39 is 0 Å². The molecule has 1 aliphatic rings. The fraction of sp³-hybridized carbons (Fsp3) is 0.471. The predicted molar refractivity (Wildman–Crippen MR) is 86.3 cm³/mol. The summed E-state index contributed by atoms with van der Waals surface area (Å²) in [7, 11) is 0. The van der Waals surface area contributed by atoms with E-state index in [1.807, 2.05) is 23.6 Å². The zero-order valence-corrected chi connectivity index (χ0v) is 13.3. The quantitative estimate of drug-likeness (QED) is 0.817. The summed E-state index contributed by atoms with van der Waals surface area (Å²) in [6, 6.07) is 8.36. The molecule has 1 unspecified atom stereocenters. The zero-order chi connectivity index (χ0) is 14.5. The summed E-state index contributed by atoms with van der Waals surface area (Å²) in [5, 5.41) is 2.18. The fourth-order valence-electron chi connectivity index (χ4n) is 2.77. The van der Waals surface area contributed by atoms with Gasteiger partial charge in [-0.05, 0) is 48.4 Å². The van der Waals surface area contributed by atoms with Crippen molar-refractivity contribution in [1.82, 2.24) is 9.88 Å². The van der Waals surface area contributed by atoms with Gasteiger partial charge >= 0.3 is 0 Å². The Balaban J connectivity index is 1.69. The predicted octanol–water partition coefficient (Wildman–Crippen LogP) is 3.49. The average Bonchev–Trinajstić information content (AvgIpc) is 3.13. The molecule has 2 aromatic rings. The standard InChI is InChI=1S/C17H22N2OS/c1-14-6-9-21-17(14)12-19(10-15-5-8-20-13-15)11-16-4-2-3-7-18-16/h2-4,6-7,9,15H,5,8,10-13H2,1H3. The Morgan fingerprint density at radius 1 is 1.33 bits per heavy atom. The molecule has 0 bridgehead atoms. The second kappa shape index (κ2) is 7.16. The van der Waals surface area contributed by atoms with Crippen LogP contribution in [0.3, 0.4) is 0 Å². The van der Waals surface area contributed by atoms with Crippen molar-refractivity contribution in [3.05, 3.63) is 52.0 Å². The number of hydrogen-bond acceptors (Lipinski definition) is 4. The van der Waals surface area contributed by atoms with Gasteiger partial charge in [0.05, 0.1) is 12.3 Å². The number of thiophene rings is 1. The fourth-order valence-corrected chi connectivity index (χ4v) is 3.71. The third-order valence-corrected chi connectivity index (χ3v) is 5.00. The van der Waals surface area contributed by atoms with Gasteiger partial charge in [0.1, 0.15) is 0 Å². The summed E-state index contributed by atoms with van der Waals surface area (Å²) in [5.74, 6) is 0.661. The Morgan fingerprint density at radius 3 is 2.95 bits per heavy atom.